The van der Waals surface area contributed by atoms with E-state index in [9.17, 15) is 8.42 Å². The van der Waals surface area contributed by atoms with Gasteiger partial charge in [-0.3, -0.25) is 0 Å². The molecule has 0 unspecified atom stereocenters. The summed E-state index contributed by atoms with van der Waals surface area (Å²) in [6.45, 7) is 3.78. The summed E-state index contributed by atoms with van der Waals surface area (Å²) in [6.07, 6.45) is 1.08. The van der Waals surface area contributed by atoms with Gasteiger partial charge in [-0.05, 0) is 30.0 Å². The molecule has 0 aliphatic heterocycles. The Morgan fingerprint density at radius 2 is 2.12 bits per heavy atom. The molecule has 1 N–H and O–H groups in total. The lowest BCUT2D eigenvalue weighted by Gasteiger charge is -2.08. The Kier molecular flexibility index (Phi) is 4.91. The highest BCUT2D eigenvalue weighted by molar-refractivity contribution is 7.91. The predicted molar refractivity (Wildman–Crippen MR) is 67.2 cm³/mol. The molecule has 1 rings (SSSR count). The van der Waals surface area contributed by atoms with Gasteiger partial charge in [-0.2, -0.15) is 0 Å². The van der Waals surface area contributed by atoms with Gasteiger partial charge in [-0.1, -0.05) is 6.92 Å². The summed E-state index contributed by atoms with van der Waals surface area (Å²) in [7, 11) is -0.171. The molecule has 0 saturated heterocycles. The van der Waals surface area contributed by atoms with E-state index in [0.717, 1.165) is 25.1 Å². The van der Waals surface area contributed by atoms with Crippen molar-refractivity contribution in [3.8, 4) is 0 Å². The van der Waals surface area contributed by atoms with Crippen molar-refractivity contribution in [2.75, 3.05) is 20.6 Å². The first-order valence-electron chi connectivity index (χ1n) is 5.19. The zero-order valence-electron chi connectivity index (χ0n) is 9.86. The quantitative estimate of drug-likeness (QED) is 0.790. The van der Waals surface area contributed by atoms with Crippen molar-refractivity contribution in [2.45, 2.75) is 24.1 Å². The fourth-order valence-corrected chi connectivity index (χ4v) is 3.55. The van der Waals surface area contributed by atoms with Crippen LogP contribution < -0.4 is 5.32 Å². The summed E-state index contributed by atoms with van der Waals surface area (Å²) < 4.78 is 25.2. The monoisotopic (exact) mass is 262 g/mol. The van der Waals surface area contributed by atoms with Crippen LogP contribution in [0.4, 0.5) is 0 Å². The molecule has 0 atom stereocenters. The van der Waals surface area contributed by atoms with Crippen molar-refractivity contribution in [2.24, 2.45) is 0 Å². The van der Waals surface area contributed by atoms with Crippen LogP contribution in [0.15, 0.2) is 15.7 Å². The molecule has 1 aromatic heterocycles. The minimum atomic E-state index is -3.26. The molecule has 0 fully saturated rings. The molecular formula is C10H18N2O2S2. The molecule has 0 aliphatic carbocycles. The van der Waals surface area contributed by atoms with E-state index in [0.29, 0.717) is 4.21 Å². The molecule has 0 saturated carbocycles. The molecule has 0 aromatic carbocycles. The number of sulfonamides is 1. The Balaban J connectivity index is 2.72. The van der Waals surface area contributed by atoms with Crippen LogP contribution in [-0.4, -0.2) is 33.4 Å². The van der Waals surface area contributed by atoms with Crippen molar-refractivity contribution in [3.63, 3.8) is 0 Å². The number of rotatable bonds is 6. The average Bonchev–Trinajstić information content (AvgIpc) is 2.67. The van der Waals surface area contributed by atoms with Gasteiger partial charge in [0.25, 0.3) is 10.0 Å². The maximum atomic E-state index is 11.8. The summed E-state index contributed by atoms with van der Waals surface area (Å²) >= 11 is 1.27. The molecule has 16 heavy (non-hydrogen) atoms. The van der Waals surface area contributed by atoms with Crippen molar-refractivity contribution in [1.29, 1.82) is 0 Å². The number of hydrogen-bond donors (Lipinski definition) is 1. The summed E-state index contributed by atoms with van der Waals surface area (Å²) in [4.78, 5) is 0. The van der Waals surface area contributed by atoms with Crippen LogP contribution in [-0.2, 0) is 16.6 Å². The number of hydrogen-bond acceptors (Lipinski definition) is 4. The highest BCUT2D eigenvalue weighted by Crippen LogP contribution is 2.22. The third kappa shape index (κ3) is 3.28. The molecule has 1 aromatic rings. The molecule has 0 spiro atoms. The lowest BCUT2D eigenvalue weighted by Crippen LogP contribution is -2.21. The zero-order chi connectivity index (χ0) is 12.2. The smallest absolute Gasteiger partial charge is 0.252 e. The fourth-order valence-electron chi connectivity index (χ4n) is 1.17. The summed E-state index contributed by atoms with van der Waals surface area (Å²) in [5, 5.41) is 5.13. The molecular weight excluding hydrogens is 244 g/mol. The number of nitrogens with one attached hydrogen (secondary N) is 1. The van der Waals surface area contributed by atoms with Gasteiger partial charge in [0.2, 0.25) is 0 Å². The van der Waals surface area contributed by atoms with E-state index < -0.39 is 10.0 Å². The third-order valence-electron chi connectivity index (χ3n) is 2.12. The molecule has 4 nitrogen and oxygen atoms in total. The van der Waals surface area contributed by atoms with Gasteiger partial charge < -0.3 is 5.32 Å². The first kappa shape index (κ1) is 13.6. The van der Waals surface area contributed by atoms with Gasteiger partial charge in [0.05, 0.1) is 0 Å². The van der Waals surface area contributed by atoms with E-state index in [4.69, 9.17) is 0 Å². The van der Waals surface area contributed by atoms with Gasteiger partial charge in [-0.15, -0.1) is 11.3 Å². The van der Waals surface area contributed by atoms with Gasteiger partial charge >= 0.3 is 0 Å². The van der Waals surface area contributed by atoms with Gasteiger partial charge in [-0.25, -0.2) is 12.7 Å². The second-order valence-corrected chi connectivity index (χ2v) is 7.03. The Labute approximate surface area is 101 Å². The number of nitrogens with zero attached hydrogens (tertiary/aromatic N) is 1. The first-order chi connectivity index (χ1) is 7.48. The van der Waals surface area contributed by atoms with E-state index in [2.05, 4.69) is 12.2 Å². The van der Waals surface area contributed by atoms with E-state index in [1.165, 1.54) is 15.6 Å². The normalized spacial score (nSPS) is 12.2. The molecule has 0 radical (unpaired) electrons. The van der Waals surface area contributed by atoms with Crippen LogP contribution in [0.25, 0.3) is 0 Å². The maximum absolute atomic E-state index is 11.8. The molecule has 0 amide bonds. The fraction of sp³-hybridized carbons (Fsp3) is 0.600. The van der Waals surface area contributed by atoms with Crippen LogP contribution in [0.5, 0.6) is 0 Å². The lowest BCUT2D eigenvalue weighted by molar-refractivity contribution is 0.523. The maximum Gasteiger partial charge on any atom is 0.252 e. The van der Waals surface area contributed by atoms with E-state index in [1.807, 2.05) is 5.38 Å². The predicted octanol–water partition coefficient (Wildman–Crippen LogP) is 1.50. The molecule has 6 heteroatoms. The van der Waals surface area contributed by atoms with Crippen molar-refractivity contribution < 1.29 is 8.42 Å². The first-order valence-corrected chi connectivity index (χ1v) is 7.51. The Morgan fingerprint density at radius 1 is 1.44 bits per heavy atom. The van der Waals surface area contributed by atoms with E-state index >= 15 is 0 Å². The van der Waals surface area contributed by atoms with Crippen LogP contribution >= 0.6 is 11.3 Å². The molecule has 0 aliphatic rings. The van der Waals surface area contributed by atoms with Gasteiger partial charge in [0.1, 0.15) is 4.21 Å². The molecule has 92 valence electrons. The molecule has 0 bridgehead atoms. The summed E-state index contributed by atoms with van der Waals surface area (Å²) in [5.74, 6) is 0. The Bertz CT molecular complexity index is 424. The average molecular weight is 262 g/mol. The van der Waals surface area contributed by atoms with Crippen molar-refractivity contribution >= 4 is 21.4 Å². The Morgan fingerprint density at radius 3 is 2.69 bits per heavy atom. The summed E-state index contributed by atoms with van der Waals surface area (Å²) in [6, 6.07) is 1.74. The molecule has 1 heterocycles. The lowest BCUT2D eigenvalue weighted by atomic mass is 10.3. The summed E-state index contributed by atoms with van der Waals surface area (Å²) in [5.41, 5.74) is 1.03. The van der Waals surface area contributed by atoms with Crippen molar-refractivity contribution in [1.82, 2.24) is 9.62 Å². The Hall–Kier alpha value is -0.430. The highest BCUT2D eigenvalue weighted by Gasteiger charge is 2.19. The van der Waals surface area contributed by atoms with Gasteiger partial charge in [0, 0.05) is 20.6 Å². The third-order valence-corrected chi connectivity index (χ3v) is 5.40. The van der Waals surface area contributed by atoms with Gasteiger partial charge in [0.15, 0.2) is 0 Å². The van der Waals surface area contributed by atoms with Crippen LogP contribution in [0.1, 0.15) is 18.9 Å². The van der Waals surface area contributed by atoms with E-state index in [1.54, 1.807) is 20.2 Å². The minimum Gasteiger partial charge on any atom is -0.313 e. The minimum absolute atomic E-state index is 0.408. The van der Waals surface area contributed by atoms with Crippen LogP contribution in [0, 0.1) is 0 Å². The topological polar surface area (TPSA) is 49.4 Å². The zero-order valence-corrected chi connectivity index (χ0v) is 11.5. The van der Waals surface area contributed by atoms with Crippen LogP contribution in [0.3, 0.4) is 0 Å². The van der Waals surface area contributed by atoms with E-state index in [-0.39, 0.29) is 0 Å². The second kappa shape index (κ2) is 5.77. The van der Waals surface area contributed by atoms with Crippen LogP contribution in [0.2, 0.25) is 0 Å². The number of thiophene rings is 1. The largest absolute Gasteiger partial charge is 0.313 e. The highest BCUT2D eigenvalue weighted by atomic mass is 32.2. The SMILES string of the molecule is CCCNCc1csc(S(=O)(=O)N(C)C)c1. The second-order valence-electron chi connectivity index (χ2n) is 3.74. The standard InChI is InChI=1S/C10H18N2O2S2/c1-4-5-11-7-9-6-10(15-8-9)16(13,14)12(2)3/h6,8,11H,4-5,7H2,1-3H3. The van der Waals surface area contributed by atoms with Crippen molar-refractivity contribution in [3.05, 3.63) is 17.0 Å².